The molecular weight excluding hydrogens is 312 g/mol. The number of aromatic nitrogens is 1. The number of rotatable bonds is 6. The van der Waals surface area contributed by atoms with Crippen molar-refractivity contribution in [2.24, 2.45) is 0 Å². The number of hydrogen-bond acceptors (Lipinski definition) is 3. The molecule has 3 N–H and O–H groups in total. The Hall–Kier alpha value is -2.27. The molecule has 0 atom stereocenters. The number of nitrogens with one attached hydrogen (secondary N) is 3. The van der Waals surface area contributed by atoms with E-state index >= 15 is 0 Å². The van der Waals surface area contributed by atoms with Crippen LogP contribution in [-0.2, 0) is 6.42 Å². The molecule has 0 saturated heterocycles. The predicted octanol–water partition coefficient (Wildman–Crippen LogP) is 3.67. The highest BCUT2D eigenvalue weighted by Gasteiger charge is 2.23. The van der Waals surface area contributed by atoms with Gasteiger partial charge in [-0.25, -0.2) is 9.78 Å². The summed E-state index contributed by atoms with van der Waals surface area (Å²) in [5, 5.41) is 9.64. The number of benzene rings is 1. The SMILES string of the molecule is O=C(Nc1ccc(NCCc2ccc(Cl)cc2)cn1)NC1CC1. The first-order chi connectivity index (χ1) is 11.2. The third kappa shape index (κ3) is 5.14. The van der Waals surface area contributed by atoms with Gasteiger partial charge in [-0.2, -0.15) is 0 Å². The fourth-order valence-corrected chi connectivity index (χ4v) is 2.27. The minimum Gasteiger partial charge on any atom is -0.383 e. The molecule has 1 aliphatic carbocycles. The number of amides is 2. The summed E-state index contributed by atoms with van der Waals surface area (Å²) >= 11 is 5.87. The van der Waals surface area contributed by atoms with Gasteiger partial charge in [0.15, 0.2) is 0 Å². The van der Waals surface area contributed by atoms with Crippen molar-refractivity contribution in [2.75, 3.05) is 17.2 Å². The molecule has 1 saturated carbocycles. The van der Waals surface area contributed by atoms with E-state index in [0.717, 1.165) is 36.5 Å². The minimum atomic E-state index is -0.191. The molecule has 0 unspecified atom stereocenters. The Labute approximate surface area is 140 Å². The molecule has 0 aliphatic heterocycles. The monoisotopic (exact) mass is 330 g/mol. The summed E-state index contributed by atoms with van der Waals surface area (Å²) in [5.74, 6) is 0.548. The van der Waals surface area contributed by atoms with Crippen LogP contribution < -0.4 is 16.0 Å². The highest BCUT2D eigenvalue weighted by molar-refractivity contribution is 6.30. The van der Waals surface area contributed by atoms with Crippen molar-refractivity contribution in [3.63, 3.8) is 0 Å². The second-order valence-corrected chi connectivity index (χ2v) is 6.04. The van der Waals surface area contributed by atoms with Gasteiger partial charge in [0.1, 0.15) is 5.82 Å². The Morgan fingerprint density at radius 3 is 2.61 bits per heavy atom. The van der Waals surface area contributed by atoms with Crippen LogP contribution in [0.4, 0.5) is 16.3 Å². The first kappa shape index (κ1) is 15.6. The molecule has 0 bridgehead atoms. The average Bonchev–Trinajstić information content (AvgIpc) is 3.35. The van der Waals surface area contributed by atoms with E-state index in [-0.39, 0.29) is 6.03 Å². The summed E-state index contributed by atoms with van der Waals surface area (Å²) in [4.78, 5) is 15.8. The summed E-state index contributed by atoms with van der Waals surface area (Å²) < 4.78 is 0. The van der Waals surface area contributed by atoms with Crippen LogP contribution in [-0.4, -0.2) is 23.6 Å². The van der Waals surface area contributed by atoms with Crippen molar-refractivity contribution in [3.05, 3.63) is 53.2 Å². The third-order valence-corrected chi connectivity index (χ3v) is 3.83. The molecule has 1 fully saturated rings. The fraction of sp³-hybridized carbons (Fsp3) is 0.294. The molecule has 2 amide bonds. The van der Waals surface area contributed by atoms with E-state index in [9.17, 15) is 4.79 Å². The maximum atomic E-state index is 11.6. The summed E-state index contributed by atoms with van der Waals surface area (Å²) in [6, 6.07) is 11.7. The van der Waals surface area contributed by atoms with E-state index in [1.54, 1.807) is 12.3 Å². The summed E-state index contributed by atoms with van der Waals surface area (Å²) in [5.41, 5.74) is 2.15. The van der Waals surface area contributed by atoms with E-state index in [0.29, 0.717) is 11.9 Å². The van der Waals surface area contributed by atoms with Gasteiger partial charge in [0.05, 0.1) is 11.9 Å². The van der Waals surface area contributed by atoms with Gasteiger partial charge in [-0.3, -0.25) is 5.32 Å². The van der Waals surface area contributed by atoms with Crippen molar-refractivity contribution in [3.8, 4) is 0 Å². The molecule has 6 heteroatoms. The summed E-state index contributed by atoms with van der Waals surface area (Å²) in [7, 11) is 0. The van der Waals surface area contributed by atoms with Gasteiger partial charge in [0, 0.05) is 17.6 Å². The lowest BCUT2D eigenvalue weighted by molar-refractivity contribution is 0.251. The van der Waals surface area contributed by atoms with Crippen LogP contribution in [0.25, 0.3) is 0 Å². The average molecular weight is 331 g/mol. The van der Waals surface area contributed by atoms with Crippen LogP contribution in [0.15, 0.2) is 42.6 Å². The minimum absolute atomic E-state index is 0.191. The molecule has 1 aliphatic rings. The van der Waals surface area contributed by atoms with E-state index in [1.807, 2.05) is 30.3 Å². The molecule has 0 spiro atoms. The highest BCUT2D eigenvalue weighted by Crippen LogP contribution is 2.18. The number of urea groups is 1. The van der Waals surface area contributed by atoms with Gasteiger partial charge in [-0.15, -0.1) is 0 Å². The van der Waals surface area contributed by atoms with Gasteiger partial charge in [-0.05, 0) is 49.1 Å². The van der Waals surface area contributed by atoms with E-state index in [2.05, 4.69) is 20.9 Å². The van der Waals surface area contributed by atoms with Gasteiger partial charge in [0.2, 0.25) is 0 Å². The van der Waals surface area contributed by atoms with E-state index in [1.165, 1.54) is 5.56 Å². The van der Waals surface area contributed by atoms with Crippen molar-refractivity contribution in [1.29, 1.82) is 0 Å². The molecule has 0 radical (unpaired) electrons. The second-order valence-electron chi connectivity index (χ2n) is 5.61. The number of hydrogen-bond donors (Lipinski definition) is 3. The molecule has 120 valence electrons. The zero-order valence-corrected chi connectivity index (χ0v) is 13.4. The number of carbonyl (C=O) groups excluding carboxylic acids is 1. The zero-order chi connectivity index (χ0) is 16.1. The molecule has 3 rings (SSSR count). The van der Waals surface area contributed by atoms with Crippen LogP contribution >= 0.6 is 11.6 Å². The lowest BCUT2D eigenvalue weighted by Crippen LogP contribution is -2.30. The molecule has 5 nitrogen and oxygen atoms in total. The first-order valence-electron chi connectivity index (χ1n) is 7.71. The highest BCUT2D eigenvalue weighted by atomic mass is 35.5. The smallest absolute Gasteiger partial charge is 0.320 e. The van der Waals surface area contributed by atoms with E-state index < -0.39 is 0 Å². The van der Waals surface area contributed by atoms with Gasteiger partial charge < -0.3 is 10.6 Å². The Kier molecular flexibility index (Phi) is 4.98. The maximum absolute atomic E-state index is 11.6. The van der Waals surface area contributed by atoms with E-state index in [4.69, 9.17) is 11.6 Å². The Morgan fingerprint density at radius 1 is 1.17 bits per heavy atom. The Balaban J connectivity index is 1.43. The van der Waals surface area contributed by atoms with Crippen molar-refractivity contribution in [2.45, 2.75) is 25.3 Å². The normalized spacial score (nSPS) is 13.4. The van der Waals surface area contributed by atoms with Gasteiger partial charge in [0.25, 0.3) is 0 Å². The van der Waals surface area contributed by atoms with Crippen LogP contribution in [0.3, 0.4) is 0 Å². The fourth-order valence-electron chi connectivity index (χ4n) is 2.14. The topological polar surface area (TPSA) is 66.0 Å². The van der Waals surface area contributed by atoms with Crippen molar-refractivity contribution >= 4 is 29.1 Å². The number of anilines is 2. The van der Waals surface area contributed by atoms with Crippen LogP contribution in [0.2, 0.25) is 5.02 Å². The molecule has 23 heavy (non-hydrogen) atoms. The molecular formula is C17H19ClN4O. The zero-order valence-electron chi connectivity index (χ0n) is 12.7. The number of nitrogens with zero attached hydrogens (tertiary/aromatic N) is 1. The van der Waals surface area contributed by atoms with Crippen molar-refractivity contribution < 1.29 is 4.79 Å². The summed E-state index contributed by atoms with van der Waals surface area (Å²) in [6.07, 6.45) is 4.75. The maximum Gasteiger partial charge on any atom is 0.320 e. The third-order valence-electron chi connectivity index (χ3n) is 3.57. The molecule has 1 aromatic carbocycles. The molecule has 1 heterocycles. The Bertz CT molecular complexity index is 653. The van der Waals surface area contributed by atoms with Gasteiger partial charge >= 0.3 is 6.03 Å². The predicted molar refractivity (Wildman–Crippen MR) is 93.1 cm³/mol. The van der Waals surface area contributed by atoms with Crippen molar-refractivity contribution in [1.82, 2.24) is 10.3 Å². The molecule has 1 aromatic heterocycles. The second kappa shape index (κ2) is 7.33. The molecule has 2 aromatic rings. The van der Waals surface area contributed by atoms with Crippen LogP contribution in [0.1, 0.15) is 18.4 Å². The standard InChI is InChI=1S/C17H19ClN4O/c18-13-3-1-12(2-4-13)9-10-19-15-7-8-16(20-11-15)22-17(23)21-14-5-6-14/h1-4,7-8,11,14,19H,5-6,9-10H2,(H2,20,21,22,23). The first-order valence-corrected chi connectivity index (χ1v) is 8.09. The number of pyridine rings is 1. The largest absolute Gasteiger partial charge is 0.383 e. The Morgan fingerprint density at radius 2 is 1.96 bits per heavy atom. The van der Waals surface area contributed by atoms with Crippen LogP contribution in [0.5, 0.6) is 0 Å². The number of halogens is 1. The lowest BCUT2D eigenvalue weighted by atomic mass is 10.1. The number of carbonyl (C=O) groups is 1. The lowest BCUT2D eigenvalue weighted by Gasteiger charge is -2.08. The van der Waals surface area contributed by atoms with Gasteiger partial charge in [-0.1, -0.05) is 23.7 Å². The summed E-state index contributed by atoms with van der Waals surface area (Å²) in [6.45, 7) is 0.804. The van der Waals surface area contributed by atoms with Crippen LogP contribution in [0, 0.1) is 0 Å². The quantitative estimate of drug-likeness (QED) is 0.757.